The molecular formula is C12H16ClNO3S. The second-order valence-corrected chi connectivity index (χ2v) is 7.81. The van der Waals surface area contributed by atoms with Gasteiger partial charge in [0.15, 0.2) is 0 Å². The molecule has 1 aromatic carbocycles. The zero-order valence-electron chi connectivity index (χ0n) is 10.5. The third kappa shape index (κ3) is 5.06. The number of carbonyl (C=O) groups excluding carboxylic acids is 1. The molecule has 1 aromatic rings. The monoisotopic (exact) mass is 289 g/mol. The molecule has 4 nitrogen and oxygen atoms in total. The van der Waals surface area contributed by atoms with Crippen molar-refractivity contribution in [2.75, 3.05) is 5.32 Å². The zero-order chi connectivity index (χ0) is 14.0. The van der Waals surface area contributed by atoms with Crippen molar-refractivity contribution in [3.05, 3.63) is 24.3 Å². The third-order valence-electron chi connectivity index (χ3n) is 2.11. The summed E-state index contributed by atoms with van der Waals surface area (Å²) >= 11 is 0. The Kier molecular flexibility index (Phi) is 4.40. The molecule has 1 amide bonds. The summed E-state index contributed by atoms with van der Waals surface area (Å²) in [4.78, 5) is 11.7. The molecule has 0 fully saturated rings. The Morgan fingerprint density at radius 1 is 1.22 bits per heavy atom. The van der Waals surface area contributed by atoms with Gasteiger partial charge >= 0.3 is 0 Å². The van der Waals surface area contributed by atoms with Crippen LogP contribution in [0.5, 0.6) is 0 Å². The van der Waals surface area contributed by atoms with E-state index in [0.717, 1.165) is 0 Å². The predicted octanol–water partition coefficient (Wildman–Crippen LogP) is 2.99. The van der Waals surface area contributed by atoms with Gasteiger partial charge in [-0.3, -0.25) is 4.79 Å². The Bertz CT molecular complexity index is 529. The number of hydrogen-bond donors (Lipinski definition) is 1. The highest BCUT2D eigenvalue weighted by Gasteiger charge is 2.16. The Labute approximate surface area is 112 Å². The minimum absolute atomic E-state index is 0.0120. The molecule has 0 aliphatic carbocycles. The van der Waals surface area contributed by atoms with Gasteiger partial charge in [-0.15, -0.1) is 0 Å². The van der Waals surface area contributed by atoms with E-state index in [1.54, 1.807) is 0 Å². The molecular weight excluding hydrogens is 274 g/mol. The molecule has 0 radical (unpaired) electrons. The lowest BCUT2D eigenvalue weighted by atomic mass is 9.92. The fraction of sp³-hybridized carbons (Fsp3) is 0.417. The average Bonchev–Trinajstić information content (AvgIpc) is 2.13. The lowest BCUT2D eigenvalue weighted by Crippen LogP contribution is -2.19. The van der Waals surface area contributed by atoms with Crippen LogP contribution in [-0.4, -0.2) is 14.3 Å². The number of anilines is 1. The molecule has 0 spiro atoms. The highest BCUT2D eigenvalue weighted by Crippen LogP contribution is 2.21. The number of hydrogen-bond acceptors (Lipinski definition) is 3. The SMILES string of the molecule is CC(C)(C)CC(=O)Nc1ccc(S(=O)(=O)Cl)cc1. The van der Waals surface area contributed by atoms with E-state index >= 15 is 0 Å². The summed E-state index contributed by atoms with van der Waals surface area (Å²) in [7, 11) is 1.47. The van der Waals surface area contributed by atoms with E-state index in [4.69, 9.17) is 10.7 Å². The van der Waals surface area contributed by atoms with Crippen molar-refractivity contribution >= 4 is 31.3 Å². The summed E-state index contributed by atoms with van der Waals surface area (Å²) < 4.78 is 22.1. The molecule has 0 aromatic heterocycles. The fourth-order valence-corrected chi connectivity index (χ4v) is 2.16. The summed E-state index contributed by atoms with van der Waals surface area (Å²) in [6.07, 6.45) is 0.391. The van der Waals surface area contributed by atoms with Gasteiger partial charge in [-0.05, 0) is 29.7 Å². The molecule has 1 rings (SSSR count). The topological polar surface area (TPSA) is 63.2 Å². The molecule has 1 N–H and O–H groups in total. The minimum Gasteiger partial charge on any atom is -0.326 e. The van der Waals surface area contributed by atoms with Crippen molar-refractivity contribution in [3.8, 4) is 0 Å². The zero-order valence-corrected chi connectivity index (χ0v) is 12.1. The summed E-state index contributed by atoms with van der Waals surface area (Å²) in [6, 6.07) is 5.73. The summed E-state index contributed by atoms with van der Waals surface area (Å²) in [6.45, 7) is 5.90. The number of carbonyl (C=O) groups is 1. The Balaban J connectivity index is 2.73. The number of rotatable bonds is 3. The minimum atomic E-state index is -3.72. The fourth-order valence-electron chi connectivity index (χ4n) is 1.39. The van der Waals surface area contributed by atoms with Crippen molar-refractivity contribution in [1.82, 2.24) is 0 Å². The largest absolute Gasteiger partial charge is 0.326 e. The first-order chi connectivity index (χ1) is 8.08. The van der Waals surface area contributed by atoms with Gasteiger partial charge in [0.25, 0.3) is 9.05 Å². The van der Waals surface area contributed by atoms with Crippen molar-refractivity contribution in [1.29, 1.82) is 0 Å². The van der Waals surface area contributed by atoms with Crippen LogP contribution in [0, 0.1) is 5.41 Å². The molecule has 0 unspecified atom stereocenters. The quantitative estimate of drug-likeness (QED) is 0.870. The third-order valence-corrected chi connectivity index (χ3v) is 3.48. The number of amides is 1. The maximum absolute atomic E-state index is 11.7. The predicted molar refractivity (Wildman–Crippen MR) is 72.2 cm³/mol. The Morgan fingerprint density at radius 3 is 2.11 bits per heavy atom. The lowest BCUT2D eigenvalue weighted by molar-refractivity contribution is -0.117. The van der Waals surface area contributed by atoms with E-state index in [-0.39, 0.29) is 16.2 Å². The summed E-state index contributed by atoms with van der Waals surface area (Å²) in [5.74, 6) is -0.107. The van der Waals surface area contributed by atoms with Gasteiger partial charge in [0.2, 0.25) is 5.91 Å². The van der Waals surface area contributed by atoms with Gasteiger partial charge < -0.3 is 5.32 Å². The van der Waals surface area contributed by atoms with Gasteiger partial charge in [-0.1, -0.05) is 20.8 Å². The standard InChI is InChI=1S/C12H16ClNO3S/c1-12(2,3)8-11(15)14-9-4-6-10(7-5-9)18(13,16)17/h4-7H,8H2,1-3H3,(H,14,15). The van der Waals surface area contributed by atoms with Crippen molar-refractivity contribution in [2.45, 2.75) is 32.1 Å². The smallest absolute Gasteiger partial charge is 0.261 e. The molecule has 0 heterocycles. The van der Waals surface area contributed by atoms with Crippen LogP contribution < -0.4 is 5.32 Å². The lowest BCUT2D eigenvalue weighted by Gasteiger charge is -2.17. The van der Waals surface area contributed by atoms with E-state index in [2.05, 4.69) is 5.32 Å². The van der Waals surface area contributed by atoms with Crippen LogP contribution in [0.1, 0.15) is 27.2 Å². The second kappa shape index (κ2) is 5.28. The first-order valence-corrected chi connectivity index (χ1v) is 7.73. The first kappa shape index (κ1) is 15.0. The van der Waals surface area contributed by atoms with Crippen LogP contribution in [-0.2, 0) is 13.8 Å². The van der Waals surface area contributed by atoms with Crippen molar-refractivity contribution in [2.24, 2.45) is 5.41 Å². The Morgan fingerprint density at radius 2 is 1.72 bits per heavy atom. The van der Waals surface area contributed by atoms with Crippen LogP contribution in [0.25, 0.3) is 0 Å². The van der Waals surface area contributed by atoms with Crippen molar-refractivity contribution in [3.63, 3.8) is 0 Å². The van der Waals surface area contributed by atoms with Crippen LogP contribution in [0.3, 0.4) is 0 Å². The van der Waals surface area contributed by atoms with Gasteiger partial charge in [0.1, 0.15) is 0 Å². The molecule has 0 atom stereocenters. The normalized spacial score (nSPS) is 12.2. The molecule has 100 valence electrons. The van der Waals surface area contributed by atoms with E-state index < -0.39 is 9.05 Å². The van der Waals surface area contributed by atoms with Gasteiger partial charge in [0, 0.05) is 22.8 Å². The average molecular weight is 290 g/mol. The van der Waals surface area contributed by atoms with Crippen molar-refractivity contribution < 1.29 is 13.2 Å². The van der Waals surface area contributed by atoms with Crippen LogP contribution in [0.2, 0.25) is 0 Å². The number of nitrogens with one attached hydrogen (secondary N) is 1. The van der Waals surface area contributed by atoms with Crippen LogP contribution >= 0.6 is 10.7 Å². The molecule has 0 saturated carbocycles. The molecule has 0 aliphatic rings. The van der Waals surface area contributed by atoms with Gasteiger partial charge in [-0.25, -0.2) is 8.42 Å². The summed E-state index contributed by atoms with van der Waals surface area (Å²) in [5.41, 5.74) is 0.456. The van der Waals surface area contributed by atoms with Gasteiger partial charge in [0.05, 0.1) is 4.90 Å². The Hall–Kier alpha value is -1.07. The maximum atomic E-state index is 11.7. The number of benzene rings is 1. The maximum Gasteiger partial charge on any atom is 0.261 e. The molecule has 0 bridgehead atoms. The van der Waals surface area contributed by atoms with E-state index in [1.165, 1.54) is 24.3 Å². The molecule has 6 heteroatoms. The number of halogens is 1. The van der Waals surface area contributed by atoms with Crippen LogP contribution in [0.15, 0.2) is 29.2 Å². The van der Waals surface area contributed by atoms with E-state index in [0.29, 0.717) is 12.1 Å². The second-order valence-electron chi connectivity index (χ2n) is 5.25. The highest BCUT2D eigenvalue weighted by molar-refractivity contribution is 8.13. The molecule has 0 aliphatic heterocycles. The van der Waals surface area contributed by atoms with E-state index in [9.17, 15) is 13.2 Å². The van der Waals surface area contributed by atoms with E-state index in [1.807, 2.05) is 20.8 Å². The summed E-state index contributed by atoms with van der Waals surface area (Å²) in [5, 5.41) is 2.70. The molecule has 18 heavy (non-hydrogen) atoms. The molecule has 0 saturated heterocycles. The van der Waals surface area contributed by atoms with Crippen LogP contribution in [0.4, 0.5) is 5.69 Å². The highest BCUT2D eigenvalue weighted by atomic mass is 35.7. The van der Waals surface area contributed by atoms with Gasteiger partial charge in [-0.2, -0.15) is 0 Å². The first-order valence-electron chi connectivity index (χ1n) is 5.42.